The molecule has 0 saturated carbocycles. The molecule has 5 heteroatoms. The predicted octanol–water partition coefficient (Wildman–Crippen LogP) is 2.14. The Labute approximate surface area is 86.1 Å². The predicted molar refractivity (Wildman–Crippen MR) is 57.1 cm³/mol. The molecule has 0 radical (unpaired) electrons. The zero-order valence-corrected chi connectivity index (χ0v) is 8.58. The van der Waals surface area contributed by atoms with Gasteiger partial charge in [-0.1, -0.05) is 6.07 Å². The lowest BCUT2D eigenvalue weighted by Crippen LogP contribution is -2.25. The Hall–Kier alpha value is -1.23. The van der Waals surface area contributed by atoms with E-state index in [4.69, 9.17) is 0 Å². The monoisotopic (exact) mass is 210 g/mol. The van der Waals surface area contributed by atoms with Gasteiger partial charge in [-0.3, -0.25) is 10.1 Å². The van der Waals surface area contributed by atoms with Crippen LogP contribution in [0.2, 0.25) is 0 Å². The highest BCUT2D eigenvalue weighted by Gasteiger charge is 2.23. The molecule has 74 valence electrons. The van der Waals surface area contributed by atoms with Crippen molar-refractivity contribution >= 4 is 23.1 Å². The number of rotatable bonds is 1. The molecule has 0 aliphatic carbocycles. The molecule has 14 heavy (non-hydrogen) atoms. The zero-order valence-electron chi connectivity index (χ0n) is 7.77. The third kappa shape index (κ3) is 1.43. The Balaban J connectivity index is 2.57. The molecule has 0 atom stereocenters. The summed E-state index contributed by atoms with van der Waals surface area (Å²) < 4.78 is 0. The van der Waals surface area contributed by atoms with Crippen molar-refractivity contribution in [1.29, 1.82) is 0 Å². The fraction of sp³-hybridized carbons (Fsp3) is 0.333. The molecule has 0 bridgehead atoms. The number of anilines is 1. The van der Waals surface area contributed by atoms with E-state index in [0.717, 1.165) is 22.9 Å². The van der Waals surface area contributed by atoms with E-state index in [0.29, 0.717) is 0 Å². The Morgan fingerprint density at radius 1 is 1.57 bits per heavy atom. The van der Waals surface area contributed by atoms with Crippen molar-refractivity contribution in [2.24, 2.45) is 0 Å². The van der Waals surface area contributed by atoms with Gasteiger partial charge in [0.15, 0.2) is 0 Å². The van der Waals surface area contributed by atoms with Gasteiger partial charge in [-0.2, -0.15) is 0 Å². The number of nitrogens with zero attached hydrogens (tertiary/aromatic N) is 2. The highest BCUT2D eigenvalue weighted by molar-refractivity contribution is 7.99. The highest BCUT2D eigenvalue weighted by atomic mass is 32.2. The summed E-state index contributed by atoms with van der Waals surface area (Å²) in [5.41, 5.74) is 0.964. The van der Waals surface area contributed by atoms with Crippen molar-refractivity contribution < 1.29 is 4.92 Å². The maximum Gasteiger partial charge on any atom is 0.293 e. The molecule has 0 unspecified atom stereocenters. The van der Waals surface area contributed by atoms with Crippen LogP contribution in [0.3, 0.4) is 0 Å². The summed E-state index contributed by atoms with van der Waals surface area (Å²) >= 11 is 1.68. The standard InChI is InChI=1S/C9H10N2O2S/c1-10-5-6-14-8-4-2-3-7(9(8)10)11(12)13/h2-4H,5-6H2,1H3. The maximum absolute atomic E-state index is 10.8. The first kappa shape index (κ1) is 9.33. The first-order valence-electron chi connectivity index (χ1n) is 4.31. The zero-order chi connectivity index (χ0) is 10.1. The molecule has 0 fully saturated rings. The first-order valence-corrected chi connectivity index (χ1v) is 5.30. The van der Waals surface area contributed by atoms with Crippen molar-refractivity contribution in [2.45, 2.75) is 4.90 Å². The number of hydrogen-bond donors (Lipinski definition) is 0. The van der Waals surface area contributed by atoms with E-state index in [2.05, 4.69) is 0 Å². The maximum atomic E-state index is 10.8. The van der Waals surface area contributed by atoms with Gasteiger partial charge < -0.3 is 4.90 Å². The van der Waals surface area contributed by atoms with E-state index in [1.54, 1.807) is 23.9 Å². The second kappa shape index (κ2) is 3.49. The summed E-state index contributed by atoms with van der Waals surface area (Å²) in [7, 11) is 1.89. The van der Waals surface area contributed by atoms with E-state index in [1.807, 2.05) is 18.0 Å². The van der Waals surface area contributed by atoms with Gasteiger partial charge in [-0.05, 0) is 6.07 Å². The Kier molecular flexibility index (Phi) is 2.33. The van der Waals surface area contributed by atoms with Gasteiger partial charge in [0.2, 0.25) is 0 Å². The van der Waals surface area contributed by atoms with Crippen molar-refractivity contribution in [3.05, 3.63) is 28.3 Å². The average molecular weight is 210 g/mol. The number of fused-ring (bicyclic) bond motifs is 1. The van der Waals surface area contributed by atoms with Gasteiger partial charge in [0.25, 0.3) is 5.69 Å². The third-order valence-corrected chi connectivity index (χ3v) is 3.27. The van der Waals surface area contributed by atoms with Crippen molar-refractivity contribution in [2.75, 3.05) is 24.2 Å². The number of thioether (sulfide) groups is 1. The van der Waals surface area contributed by atoms with Crippen molar-refractivity contribution in [3.8, 4) is 0 Å². The molecule has 1 aliphatic rings. The lowest BCUT2D eigenvalue weighted by atomic mass is 10.2. The van der Waals surface area contributed by atoms with Gasteiger partial charge in [0.05, 0.1) is 4.92 Å². The quantitative estimate of drug-likeness (QED) is 0.526. The second-order valence-corrected chi connectivity index (χ2v) is 4.29. The minimum absolute atomic E-state index is 0.206. The molecule has 1 heterocycles. The summed E-state index contributed by atoms with van der Waals surface area (Å²) in [5.74, 6) is 0.991. The van der Waals surface area contributed by atoms with Crippen LogP contribution in [-0.2, 0) is 0 Å². The highest BCUT2D eigenvalue weighted by Crippen LogP contribution is 2.40. The summed E-state index contributed by atoms with van der Waals surface area (Å²) in [6, 6.07) is 5.23. The van der Waals surface area contributed by atoms with Crippen LogP contribution >= 0.6 is 11.8 Å². The largest absolute Gasteiger partial charge is 0.367 e. The minimum Gasteiger partial charge on any atom is -0.367 e. The van der Waals surface area contributed by atoms with Crippen LogP contribution in [0.15, 0.2) is 23.1 Å². The third-order valence-electron chi connectivity index (χ3n) is 2.24. The van der Waals surface area contributed by atoms with Gasteiger partial charge in [-0.15, -0.1) is 11.8 Å². The second-order valence-electron chi connectivity index (χ2n) is 3.15. The molecule has 1 aromatic carbocycles. The van der Waals surface area contributed by atoms with E-state index < -0.39 is 0 Å². The van der Waals surface area contributed by atoms with Crippen LogP contribution in [-0.4, -0.2) is 24.3 Å². The summed E-state index contributed by atoms with van der Waals surface area (Å²) in [4.78, 5) is 13.4. The lowest BCUT2D eigenvalue weighted by Gasteiger charge is -2.26. The van der Waals surface area contributed by atoms with E-state index >= 15 is 0 Å². The van der Waals surface area contributed by atoms with Gasteiger partial charge >= 0.3 is 0 Å². The van der Waals surface area contributed by atoms with E-state index in [9.17, 15) is 10.1 Å². The number of benzene rings is 1. The number of para-hydroxylation sites is 1. The molecule has 1 aromatic rings. The molecule has 0 N–H and O–H groups in total. The minimum atomic E-state index is -0.318. The van der Waals surface area contributed by atoms with Gasteiger partial charge in [-0.25, -0.2) is 0 Å². The summed E-state index contributed by atoms with van der Waals surface area (Å²) in [5, 5.41) is 10.8. The molecule has 0 saturated heterocycles. The summed E-state index contributed by atoms with van der Waals surface area (Å²) in [6.45, 7) is 0.864. The Bertz CT molecular complexity index is 381. The molecule has 2 rings (SSSR count). The average Bonchev–Trinajstić information content (AvgIpc) is 2.17. The normalized spacial score (nSPS) is 15.1. The SMILES string of the molecule is CN1CCSc2cccc([N+](=O)[O-])c21. The topological polar surface area (TPSA) is 46.4 Å². The fourth-order valence-electron chi connectivity index (χ4n) is 1.56. The van der Waals surface area contributed by atoms with Crippen LogP contribution in [0, 0.1) is 10.1 Å². The first-order chi connectivity index (χ1) is 6.70. The Morgan fingerprint density at radius 3 is 3.07 bits per heavy atom. The van der Waals surface area contributed by atoms with E-state index in [1.165, 1.54) is 0 Å². The van der Waals surface area contributed by atoms with Crippen LogP contribution in [0.5, 0.6) is 0 Å². The number of nitro groups is 1. The van der Waals surface area contributed by atoms with Gasteiger partial charge in [0.1, 0.15) is 5.69 Å². The van der Waals surface area contributed by atoms with Crippen LogP contribution in [0.1, 0.15) is 0 Å². The van der Waals surface area contributed by atoms with Crippen LogP contribution in [0.4, 0.5) is 11.4 Å². The smallest absolute Gasteiger partial charge is 0.293 e. The lowest BCUT2D eigenvalue weighted by molar-refractivity contribution is -0.384. The number of nitro benzene ring substituents is 1. The fourth-order valence-corrected chi connectivity index (χ4v) is 2.72. The summed E-state index contributed by atoms with van der Waals surface area (Å²) in [6.07, 6.45) is 0. The van der Waals surface area contributed by atoms with Crippen molar-refractivity contribution in [1.82, 2.24) is 0 Å². The molecule has 1 aliphatic heterocycles. The Morgan fingerprint density at radius 2 is 2.36 bits per heavy atom. The molecular weight excluding hydrogens is 200 g/mol. The molecule has 4 nitrogen and oxygen atoms in total. The number of hydrogen-bond acceptors (Lipinski definition) is 4. The van der Waals surface area contributed by atoms with Crippen molar-refractivity contribution in [3.63, 3.8) is 0 Å². The molecule has 0 spiro atoms. The molecule has 0 aromatic heterocycles. The van der Waals surface area contributed by atoms with Crippen LogP contribution in [0.25, 0.3) is 0 Å². The molecular formula is C9H10N2O2S. The van der Waals surface area contributed by atoms with Gasteiger partial charge in [0, 0.05) is 30.3 Å². The van der Waals surface area contributed by atoms with E-state index in [-0.39, 0.29) is 10.6 Å². The van der Waals surface area contributed by atoms with Crippen LogP contribution < -0.4 is 4.90 Å². The molecule has 0 amide bonds.